The lowest BCUT2D eigenvalue weighted by atomic mass is 9.73. The number of fused-ring (bicyclic) bond motifs is 2. The zero-order valence-corrected chi connectivity index (χ0v) is 14.9. The molecular weight excluding hydrogens is 379 g/mol. The van der Waals surface area contributed by atoms with E-state index in [1.807, 2.05) is 0 Å². The fourth-order valence-corrected chi connectivity index (χ4v) is 4.13. The van der Waals surface area contributed by atoms with E-state index in [-0.39, 0.29) is 11.8 Å². The molecule has 1 amide bonds. The number of aromatic nitrogens is 1. The first-order valence-corrected chi connectivity index (χ1v) is 8.90. The zero-order chi connectivity index (χ0) is 18.4. The monoisotopic (exact) mass is 394 g/mol. The van der Waals surface area contributed by atoms with E-state index in [1.165, 1.54) is 0 Å². The van der Waals surface area contributed by atoms with Crippen molar-refractivity contribution in [3.63, 3.8) is 0 Å². The van der Waals surface area contributed by atoms with Crippen molar-refractivity contribution in [3.8, 4) is 0 Å². The maximum Gasteiger partial charge on any atom is 0.230 e. The summed E-state index contributed by atoms with van der Waals surface area (Å²) in [5, 5.41) is 24.0. The largest absolute Gasteiger partial charge is 0.388 e. The number of benzene rings is 1. The summed E-state index contributed by atoms with van der Waals surface area (Å²) in [5.41, 5.74) is 1.32. The summed E-state index contributed by atoms with van der Waals surface area (Å²) in [7, 11) is 0. The van der Waals surface area contributed by atoms with Crippen LogP contribution in [-0.4, -0.2) is 45.5 Å². The van der Waals surface area contributed by atoms with Crippen LogP contribution in [0, 0.1) is 5.92 Å². The van der Waals surface area contributed by atoms with Crippen molar-refractivity contribution < 1.29 is 19.7 Å². The number of pyridine rings is 1. The van der Waals surface area contributed by atoms with Crippen molar-refractivity contribution in [2.24, 2.45) is 5.92 Å². The minimum Gasteiger partial charge on any atom is -0.388 e. The molecule has 0 radical (unpaired) electrons. The van der Waals surface area contributed by atoms with Gasteiger partial charge in [0.25, 0.3) is 0 Å². The van der Waals surface area contributed by atoms with Gasteiger partial charge >= 0.3 is 0 Å². The van der Waals surface area contributed by atoms with Crippen molar-refractivity contribution >= 4 is 34.8 Å². The van der Waals surface area contributed by atoms with Crippen LogP contribution in [0.4, 0.5) is 5.69 Å². The number of hydrogen-bond donors (Lipinski definition) is 3. The lowest BCUT2D eigenvalue weighted by Gasteiger charge is -2.32. The van der Waals surface area contributed by atoms with Gasteiger partial charge in [-0.2, -0.15) is 0 Å². The number of nitrogens with zero attached hydrogens (tertiary/aromatic N) is 1. The van der Waals surface area contributed by atoms with Crippen molar-refractivity contribution in [1.29, 1.82) is 0 Å². The highest BCUT2D eigenvalue weighted by Gasteiger charge is 2.61. The Labute approximate surface area is 159 Å². The maximum absolute atomic E-state index is 13.0. The van der Waals surface area contributed by atoms with Crippen LogP contribution in [0.15, 0.2) is 42.7 Å². The topological polar surface area (TPSA) is 91.7 Å². The predicted molar refractivity (Wildman–Crippen MR) is 96.2 cm³/mol. The molecule has 3 N–H and O–H groups in total. The van der Waals surface area contributed by atoms with Crippen LogP contribution in [0.1, 0.15) is 11.5 Å². The molecule has 136 valence electrons. The Morgan fingerprint density at radius 2 is 1.73 bits per heavy atom. The molecule has 2 bridgehead atoms. The van der Waals surface area contributed by atoms with E-state index < -0.39 is 30.3 Å². The third kappa shape index (κ3) is 2.88. The van der Waals surface area contributed by atoms with Crippen LogP contribution in [0.5, 0.6) is 0 Å². The number of aliphatic hydroxyl groups excluding tert-OH is 2. The van der Waals surface area contributed by atoms with Gasteiger partial charge in [0.1, 0.15) is 12.2 Å². The number of carbonyl (C=O) groups is 1. The van der Waals surface area contributed by atoms with Crippen LogP contribution in [-0.2, 0) is 9.53 Å². The van der Waals surface area contributed by atoms with E-state index in [4.69, 9.17) is 27.9 Å². The molecule has 0 spiro atoms. The number of rotatable bonds is 3. The SMILES string of the molecule is O=C(Nc1ccc(Cl)c(Cl)c1)C1C2OC(C(O)C2O)C1c1ccncc1. The second-order valence-electron chi connectivity index (χ2n) is 6.50. The summed E-state index contributed by atoms with van der Waals surface area (Å²) in [6.45, 7) is 0. The van der Waals surface area contributed by atoms with Gasteiger partial charge in [0.15, 0.2) is 0 Å². The van der Waals surface area contributed by atoms with Gasteiger partial charge in [0, 0.05) is 24.0 Å². The summed E-state index contributed by atoms with van der Waals surface area (Å²) in [6.07, 6.45) is -0.330. The normalized spacial score (nSPS) is 32.6. The Hall–Kier alpha value is -1.70. The van der Waals surface area contributed by atoms with Gasteiger partial charge < -0.3 is 20.3 Å². The quantitative estimate of drug-likeness (QED) is 0.742. The van der Waals surface area contributed by atoms with Gasteiger partial charge in [-0.25, -0.2) is 0 Å². The van der Waals surface area contributed by atoms with Crippen LogP contribution in [0.25, 0.3) is 0 Å². The lowest BCUT2D eigenvalue weighted by molar-refractivity contribution is -0.124. The molecule has 6 unspecified atom stereocenters. The van der Waals surface area contributed by atoms with Crippen LogP contribution in [0.3, 0.4) is 0 Å². The van der Waals surface area contributed by atoms with E-state index in [2.05, 4.69) is 10.3 Å². The molecule has 3 heterocycles. The molecule has 8 heteroatoms. The number of carbonyl (C=O) groups excluding carboxylic acids is 1. The lowest BCUT2D eigenvalue weighted by Crippen LogP contribution is -2.49. The molecule has 0 saturated carbocycles. The zero-order valence-electron chi connectivity index (χ0n) is 13.4. The fraction of sp³-hybridized carbons (Fsp3) is 0.333. The van der Waals surface area contributed by atoms with Gasteiger partial charge in [0.05, 0.1) is 28.2 Å². The highest BCUT2D eigenvalue weighted by Crippen LogP contribution is 2.49. The van der Waals surface area contributed by atoms with E-state index >= 15 is 0 Å². The number of anilines is 1. The molecule has 4 rings (SSSR count). The second-order valence-corrected chi connectivity index (χ2v) is 7.31. The summed E-state index contributed by atoms with van der Waals surface area (Å²) in [4.78, 5) is 16.9. The molecular formula is C18H16Cl2N2O4. The molecule has 0 aliphatic carbocycles. The molecule has 1 aromatic carbocycles. The number of halogens is 2. The number of ether oxygens (including phenoxy) is 1. The van der Waals surface area contributed by atoms with Crippen LogP contribution < -0.4 is 5.32 Å². The Morgan fingerprint density at radius 1 is 1.04 bits per heavy atom. The molecule has 2 aliphatic heterocycles. The molecule has 2 aliphatic rings. The number of aliphatic hydroxyl groups is 2. The molecule has 2 fully saturated rings. The highest BCUT2D eigenvalue weighted by atomic mass is 35.5. The Balaban J connectivity index is 1.64. The maximum atomic E-state index is 13.0. The van der Waals surface area contributed by atoms with E-state index in [1.54, 1.807) is 42.7 Å². The molecule has 1 aromatic heterocycles. The molecule has 6 nitrogen and oxygen atoms in total. The van der Waals surface area contributed by atoms with Gasteiger partial charge in [-0.15, -0.1) is 0 Å². The number of nitrogens with one attached hydrogen (secondary N) is 1. The van der Waals surface area contributed by atoms with E-state index in [9.17, 15) is 15.0 Å². The van der Waals surface area contributed by atoms with E-state index in [0.717, 1.165) is 5.56 Å². The Kier molecular flexibility index (Phi) is 4.62. The van der Waals surface area contributed by atoms with Crippen molar-refractivity contribution in [1.82, 2.24) is 4.98 Å². The molecule has 2 saturated heterocycles. The fourth-order valence-electron chi connectivity index (χ4n) is 3.83. The molecule has 2 aromatic rings. The third-order valence-electron chi connectivity index (χ3n) is 5.01. The third-order valence-corrected chi connectivity index (χ3v) is 5.75. The minimum atomic E-state index is -1.11. The first-order valence-electron chi connectivity index (χ1n) is 8.15. The van der Waals surface area contributed by atoms with Crippen LogP contribution in [0.2, 0.25) is 10.0 Å². The average Bonchev–Trinajstić information content (AvgIpc) is 3.16. The van der Waals surface area contributed by atoms with Crippen LogP contribution >= 0.6 is 23.2 Å². The summed E-state index contributed by atoms with van der Waals surface area (Å²) in [6, 6.07) is 8.37. The summed E-state index contributed by atoms with van der Waals surface area (Å²) < 4.78 is 5.75. The Morgan fingerprint density at radius 3 is 2.42 bits per heavy atom. The van der Waals surface area contributed by atoms with Gasteiger partial charge in [-0.1, -0.05) is 23.2 Å². The highest BCUT2D eigenvalue weighted by molar-refractivity contribution is 6.42. The standard InChI is InChI=1S/C18H16Cl2N2O4/c19-10-2-1-9(7-11(10)20)22-18(25)13-12(8-3-5-21-6-4-8)16-14(23)15(24)17(13)26-16/h1-7,12-17,23-24H,(H,22,25). The first kappa shape index (κ1) is 17.7. The minimum absolute atomic E-state index is 0.316. The average molecular weight is 395 g/mol. The van der Waals surface area contributed by atoms with Crippen molar-refractivity contribution in [2.45, 2.75) is 30.3 Å². The Bertz CT molecular complexity index is 835. The van der Waals surface area contributed by atoms with Crippen molar-refractivity contribution in [3.05, 3.63) is 58.3 Å². The molecule has 6 atom stereocenters. The summed E-state index contributed by atoms with van der Waals surface area (Å²) in [5.74, 6) is -1.36. The smallest absolute Gasteiger partial charge is 0.230 e. The van der Waals surface area contributed by atoms with Gasteiger partial charge in [0.2, 0.25) is 5.91 Å². The second kappa shape index (κ2) is 6.79. The van der Waals surface area contributed by atoms with E-state index in [0.29, 0.717) is 15.7 Å². The van der Waals surface area contributed by atoms with Gasteiger partial charge in [-0.3, -0.25) is 9.78 Å². The van der Waals surface area contributed by atoms with Gasteiger partial charge in [-0.05, 0) is 35.9 Å². The molecule has 26 heavy (non-hydrogen) atoms. The van der Waals surface area contributed by atoms with Crippen molar-refractivity contribution in [2.75, 3.05) is 5.32 Å². The summed E-state index contributed by atoms with van der Waals surface area (Å²) >= 11 is 11.9. The predicted octanol–water partition coefficient (Wildman–Crippen LogP) is 2.23. The number of amides is 1. The number of hydrogen-bond acceptors (Lipinski definition) is 5. The first-order chi connectivity index (χ1) is 12.5.